The summed E-state index contributed by atoms with van der Waals surface area (Å²) in [5.41, 5.74) is 0. The summed E-state index contributed by atoms with van der Waals surface area (Å²) in [5, 5.41) is 2.51. The summed E-state index contributed by atoms with van der Waals surface area (Å²) in [5.74, 6) is -0.0549. The van der Waals surface area contributed by atoms with Gasteiger partial charge in [-0.2, -0.15) is 0 Å². The van der Waals surface area contributed by atoms with Crippen LogP contribution >= 0.6 is 12.2 Å². The molecule has 0 aliphatic carbocycles. The minimum Gasteiger partial charge on any atom is -0.358 e. The normalized spacial score (nSPS) is 9.55. The van der Waals surface area contributed by atoms with Gasteiger partial charge in [0.15, 0.2) is 4.77 Å². The number of hydrogen-bond donors (Lipinski definition) is 2. The highest BCUT2D eigenvalue weighted by Crippen LogP contribution is 1.89. The van der Waals surface area contributed by atoms with E-state index in [-0.39, 0.29) is 12.5 Å². The van der Waals surface area contributed by atoms with Crippen LogP contribution in [0.1, 0.15) is 0 Å². The summed E-state index contributed by atoms with van der Waals surface area (Å²) in [6.07, 6.45) is 3.43. The molecule has 4 nitrogen and oxygen atoms in total. The number of nitrogens with zero attached hydrogens (tertiary/aromatic N) is 1. The van der Waals surface area contributed by atoms with Crippen molar-refractivity contribution in [2.24, 2.45) is 0 Å². The maximum absolute atomic E-state index is 10.8. The molecule has 1 aromatic rings. The lowest BCUT2D eigenvalue weighted by Crippen LogP contribution is -2.23. The Morgan fingerprint density at radius 3 is 3.09 bits per heavy atom. The highest BCUT2D eigenvalue weighted by atomic mass is 32.1. The van der Waals surface area contributed by atoms with Gasteiger partial charge in [0.1, 0.15) is 6.54 Å². The SMILES string of the molecule is CNC(=O)Cn1cc[nH]c1=S. The van der Waals surface area contributed by atoms with Crippen LogP contribution in [-0.4, -0.2) is 22.5 Å². The van der Waals surface area contributed by atoms with Gasteiger partial charge in [-0.25, -0.2) is 0 Å². The van der Waals surface area contributed by atoms with E-state index < -0.39 is 0 Å². The van der Waals surface area contributed by atoms with E-state index in [2.05, 4.69) is 10.3 Å². The molecule has 0 bridgehead atoms. The molecule has 0 spiro atoms. The van der Waals surface area contributed by atoms with Crippen LogP contribution in [0.15, 0.2) is 12.4 Å². The van der Waals surface area contributed by atoms with Crippen molar-refractivity contribution >= 4 is 18.1 Å². The Hall–Kier alpha value is -1.10. The molecule has 1 heterocycles. The predicted octanol–water partition coefficient (Wildman–Crippen LogP) is 0.292. The van der Waals surface area contributed by atoms with Crippen LogP contribution in [0.3, 0.4) is 0 Å². The van der Waals surface area contributed by atoms with Crippen molar-refractivity contribution in [2.75, 3.05) is 7.05 Å². The molecule has 1 rings (SSSR count). The van der Waals surface area contributed by atoms with E-state index >= 15 is 0 Å². The lowest BCUT2D eigenvalue weighted by atomic mass is 10.6. The van der Waals surface area contributed by atoms with E-state index in [9.17, 15) is 4.79 Å². The Labute approximate surface area is 69.2 Å². The van der Waals surface area contributed by atoms with Gasteiger partial charge in [0, 0.05) is 19.4 Å². The smallest absolute Gasteiger partial charge is 0.239 e. The van der Waals surface area contributed by atoms with Gasteiger partial charge in [-0.15, -0.1) is 0 Å². The van der Waals surface area contributed by atoms with Gasteiger partial charge >= 0.3 is 0 Å². The van der Waals surface area contributed by atoms with E-state index in [4.69, 9.17) is 12.2 Å². The second-order valence-electron chi connectivity index (χ2n) is 2.07. The van der Waals surface area contributed by atoms with Crippen molar-refractivity contribution in [1.82, 2.24) is 14.9 Å². The maximum Gasteiger partial charge on any atom is 0.239 e. The summed E-state index contributed by atoms with van der Waals surface area (Å²) in [7, 11) is 1.60. The largest absolute Gasteiger partial charge is 0.358 e. The number of hydrogen-bond acceptors (Lipinski definition) is 2. The molecular formula is C6H9N3OS. The molecule has 2 N–H and O–H groups in total. The number of amides is 1. The van der Waals surface area contributed by atoms with Crippen LogP contribution in [0.4, 0.5) is 0 Å². The Bertz CT molecular complexity index is 301. The molecule has 11 heavy (non-hydrogen) atoms. The molecule has 0 saturated carbocycles. The summed E-state index contributed by atoms with van der Waals surface area (Å²) >= 11 is 4.88. The van der Waals surface area contributed by atoms with Crippen LogP contribution in [0.25, 0.3) is 0 Å². The number of carbonyl (C=O) groups excluding carboxylic acids is 1. The molecule has 1 amide bonds. The first-order valence-corrected chi connectivity index (χ1v) is 3.59. The molecule has 60 valence electrons. The third kappa shape index (κ3) is 1.91. The van der Waals surface area contributed by atoms with Crippen LogP contribution < -0.4 is 5.32 Å². The molecule has 0 aromatic carbocycles. The molecule has 0 aliphatic heterocycles. The highest BCUT2D eigenvalue weighted by Gasteiger charge is 1.98. The fourth-order valence-corrected chi connectivity index (χ4v) is 0.901. The monoisotopic (exact) mass is 171 g/mol. The first kappa shape index (κ1) is 8.00. The summed E-state index contributed by atoms with van der Waals surface area (Å²) in [6.45, 7) is 0.277. The van der Waals surface area contributed by atoms with Crippen molar-refractivity contribution in [2.45, 2.75) is 6.54 Å². The minimum absolute atomic E-state index is 0.0549. The zero-order valence-electron chi connectivity index (χ0n) is 6.13. The van der Waals surface area contributed by atoms with E-state index in [1.807, 2.05) is 0 Å². The standard InChI is InChI=1S/C6H9N3OS/c1-7-5(10)4-9-3-2-8-6(9)11/h2-3H,4H2,1H3,(H,7,10)(H,8,11). The summed E-state index contributed by atoms with van der Waals surface area (Å²) < 4.78 is 2.22. The number of aromatic amines is 1. The molecule has 0 saturated heterocycles. The quantitative estimate of drug-likeness (QED) is 0.628. The molecule has 0 radical (unpaired) electrons. The van der Waals surface area contributed by atoms with Crippen molar-refractivity contribution < 1.29 is 4.79 Å². The zero-order chi connectivity index (χ0) is 8.27. The fraction of sp³-hybridized carbons (Fsp3) is 0.333. The number of imidazole rings is 1. The second kappa shape index (κ2) is 3.34. The van der Waals surface area contributed by atoms with Gasteiger partial charge in [-0.05, 0) is 12.2 Å². The second-order valence-corrected chi connectivity index (χ2v) is 2.45. The van der Waals surface area contributed by atoms with Crippen molar-refractivity contribution in [3.8, 4) is 0 Å². The fourth-order valence-electron chi connectivity index (χ4n) is 0.707. The lowest BCUT2D eigenvalue weighted by molar-refractivity contribution is -0.121. The van der Waals surface area contributed by atoms with E-state index in [0.29, 0.717) is 4.77 Å². The van der Waals surface area contributed by atoms with Gasteiger partial charge in [-0.1, -0.05) is 0 Å². The Morgan fingerprint density at radius 1 is 1.91 bits per heavy atom. The van der Waals surface area contributed by atoms with Crippen molar-refractivity contribution in [1.29, 1.82) is 0 Å². The third-order valence-corrected chi connectivity index (χ3v) is 1.67. The topological polar surface area (TPSA) is 49.8 Å². The predicted molar refractivity (Wildman–Crippen MR) is 43.7 cm³/mol. The van der Waals surface area contributed by atoms with Gasteiger partial charge in [-0.3, -0.25) is 4.79 Å². The molecular weight excluding hydrogens is 162 g/mol. The highest BCUT2D eigenvalue weighted by molar-refractivity contribution is 7.71. The average molecular weight is 171 g/mol. The van der Waals surface area contributed by atoms with E-state index in [1.54, 1.807) is 24.0 Å². The number of likely N-dealkylation sites (N-methyl/N-ethyl adjacent to an activating group) is 1. The Balaban J connectivity index is 2.72. The van der Waals surface area contributed by atoms with Crippen LogP contribution in [-0.2, 0) is 11.3 Å². The van der Waals surface area contributed by atoms with E-state index in [0.717, 1.165) is 0 Å². The molecule has 1 aromatic heterocycles. The van der Waals surface area contributed by atoms with Crippen molar-refractivity contribution in [3.05, 3.63) is 17.2 Å². The van der Waals surface area contributed by atoms with Crippen molar-refractivity contribution in [3.63, 3.8) is 0 Å². The molecule has 0 fully saturated rings. The van der Waals surface area contributed by atoms with Crippen LogP contribution in [0.2, 0.25) is 0 Å². The maximum atomic E-state index is 10.8. The zero-order valence-corrected chi connectivity index (χ0v) is 6.94. The first-order valence-electron chi connectivity index (χ1n) is 3.18. The van der Waals surface area contributed by atoms with Gasteiger partial charge in [0.2, 0.25) is 5.91 Å². The number of rotatable bonds is 2. The third-order valence-electron chi connectivity index (χ3n) is 1.31. The number of carbonyl (C=O) groups is 1. The summed E-state index contributed by atoms with van der Waals surface area (Å²) in [6, 6.07) is 0. The number of nitrogens with one attached hydrogen (secondary N) is 2. The van der Waals surface area contributed by atoms with Gasteiger partial charge in [0.25, 0.3) is 0 Å². The molecule has 0 atom stereocenters. The average Bonchev–Trinajstić information content (AvgIpc) is 2.37. The summed E-state index contributed by atoms with van der Waals surface area (Å²) in [4.78, 5) is 13.6. The lowest BCUT2D eigenvalue weighted by Gasteiger charge is -1.98. The number of aromatic nitrogens is 2. The molecule has 0 aliphatic rings. The Kier molecular flexibility index (Phi) is 2.43. The van der Waals surface area contributed by atoms with Crippen LogP contribution in [0, 0.1) is 4.77 Å². The molecule has 5 heteroatoms. The van der Waals surface area contributed by atoms with E-state index in [1.165, 1.54) is 0 Å². The number of H-pyrrole nitrogens is 1. The van der Waals surface area contributed by atoms with Gasteiger partial charge in [0.05, 0.1) is 0 Å². The van der Waals surface area contributed by atoms with Gasteiger partial charge < -0.3 is 14.9 Å². The first-order chi connectivity index (χ1) is 5.24. The molecule has 0 unspecified atom stereocenters. The Morgan fingerprint density at radius 2 is 2.64 bits per heavy atom. The van der Waals surface area contributed by atoms with Crippen LogP contribution in [0.5, 0.6) is 0 Å². The minimum atomic E-state index is -0.0549.